The van der Waals surface area contributed by atoms with Crippen molar-refractivity contribution in [2.24, 2.45) is 0 Å². The smallest absolute Gasteiger partial charge is 0.352 e. The summed E-state index contributed by atoms with van der Waals surface area (Å²) in [6.45, 7) is 4.65. The van der Waals surface area contributed by atoms with Crippen molar-refractivity contribution in [3.63, 3.8) is 0 Å². The second-order valence-electron chi connectivity index (χ2n) is 8.01. The minimum Gasteiger partial charge on any atom is -0.463 e. The van der Waals surface area contributed by atoms with Gasteiger partial charge in [0.1, 0.15) is 18.8 Å². The summed E-state index contributed by atoms with van der Waals surface area (Å²) >= 11 is 0. The van der Waals surface area contributed by atoms with E-state index in [4.69, 9.17) is 18.9 Å². The number of unbranched alkanes of at least 4 members (excludes halogenated alkanes) is 1. The van der Waals surface area contributed by atoms with Gasteiger partial charge in [-0.25, -0.2) is 4.79 Å². The number of esters is 3. The molecule has 33 heavy (non-hydrogen) atoms. The van der Waals surface area contributed by atoms with Gasteiger partial charge in [0.25, 0.3) is 0 Å². The number of ether oxygens (including phenoxy) is 4. The molecule has 0 aliphatic carbocycles. The van der Waals surface area contributed by atoms with E-state index in [0.29, 0.717) is 6.42 Å². The van der Waals surface area contributed by atoms with Gasteiger partial charge in [0.2, 0.25) is 12.1 Å². The Kier molecular flexibility index (Phi) is 8.40. The Morgan fingerprint density at radius 2 is 1.82 bits per heavy atom. The highest BCUT2D eigenvalue weighted by Crippen LogP contribution is 2.36. The number of rotatable bonds is 9. The lowest BCUT2D eigenvalue weighted by Crippen LogP contribution is -2.65. The van der Waals surface area contributed by atoms with Crippen molar-refractivity contribution in [3.05, 3.63) is 35.9 Å². The highest BCUT2D eigenvalue weighted by Gasteiger charge is 2.56. The fourth-order valence-corrected chi connectivity index (χ4v) is 3.96. The molecule has 4 atom stereocenters. The summed E-state index contributed by atoms with van der Waals surface area (Å²) in [5.41, 5.74) is 0.857. The van der Waals surface area contributed by atoms with Gasteiger partial charge < -0.3 is 18.9 Å². The summed E-state index contributed by atoms with van der Waals surface area (Å²) in [7, 11) is 0. The lowest BCUT2D eigenvalue weighted by molar-refractivity contribution is -0.267. The van der Waals surface area contributed by atoms with Crippen molar-refractivity contribution in [3.8, 4) is 0 Å². The number of fused-ring (bicyclic) bond motifs is 1. The lowest BCUT2D eigenvalue weighted by Gasteiger charge is -2.46. The summed E-state index contributed by atoms with van der Waals surface area (Å²) in [5, 5.41) is 2.94. The van der Waals surface area contributed by atoms with Crippen molar-refractivity contribution >= 4 is 23.8 Å². The van der Waals surface area contributed by atoms with Gasteiger partial charge in [0.05, 0.1) is 19.2 Å². The number of carbonyl (C=O) groups excluding carboxylic acids is 4. The van der Waals surface area contributed by atoms with Gasteiger partial charge in [-0.3, -0.25) is 19.4 Å². The maximum absolute atomic E-state index is 13.0. The summed E-state index contributed by atoms with van der Waals surface area (Å²) in [6, 6.07) is 8.64. The molecule has 1 aromatic carbocycles. The van der Waals surface area contributed by atoms with E-state index < -0.39 is 42.4 Å². The summed E-state index contributed by atoms with van der Waals surface area (Å²) in [6.07, 6.45) is -1.59. The molecule has 3 rings (SSSR count). The molecule has 10 nitrogen and oxygen atoms in total. The molecule has 0 bridgehead atoms. The Morgan fingerprint density at radius 3 is 2.45 bits per heavy atom. The number of hydrogen-bond acceptors (Lipinski definition) is 9. The average molecular weight is 462 g/mol. The summed E-state index contributed by atoms with van der Waals surface area (Å²) < 4.78 is 22.0. The predicted molar refractivity (Wildman–Crippen MR) is 114 cm³/mol. The van der Waals surface area contributed by atoms with Crippen molar-refractivity contribution in [1.29, 1.82) is 0 Å². The van der Waals surface area contributed by atoms with Gasteiger partial charge in [0, 0.05) is 20.3 Å². The molecule has 1 aromatic rings. The molecule has 2 fully saturated rings. The minimum atomic E-state index is -1.26. The third kappa shape index (κ3) is 6.08. The Hall–Kier alpha value is -2.98. The second-order valence-corrected chi connectivity index (χ2v) is 8.01. The van der Waals surface area contributed by atoms with Crippen LogP contribution in [0.5, 0.6) is 0 Å². The van der Waals surface area contributed by atoms with Crippen LogP contribution in [0.15, 0.2) is 30.3 Å². The van der Waals surface area contributed by atoms with E-state index in [9.17, 15) is 19.2 Å². The average Bonchev–Trinajstić information content (AvgIpc) is 3.09. The molecule has 0 radical (unpaired) electrons. The molecule has 180 valence electrons. The SMILES string of the molecule is CCCCOC(=O)[C@H]1O[C@H](COC(C)=O)[C@@H](OC(C)=O)[C@@H]2CC(=O)N(Cc3ccccc3)N12. The number of hydrazine groups is 1. The number of hydrogen-bond donors (Lipinski definition) is 0. The second kappa shape index (κ2) is 11.2. The van der Waals surface area contributed by atoms with Crippen molar-refractivity contribution < 1.29 is 38.1 Å². The third-order valence-electron chi connectivity index (χ3n) is 5.45. The van der Waals surface area contributed by atoms with Crippen LogP contribution in [0.4, 0.5) is 0 Å². The van der Waals surface area contributed by atoms with Crippen LogP contribution in [0, 0.1) is 0 Å². The molecular weight excluding hydrogens is 432 g/mol. The molecule has 0 aromatic heterocycles. The molecular formula is C23H30N2O8. The van der Waals surface area contributed by atoms with E-state index in [1.165, 1.54) is 23.9 Å². The molecule has 1 amide bonds. The van der Waals surface area contributed by atoms with Gasteiger partial charge in [-0.05, 0) is 12.0 Å². The standard InChI is InChI=1S/C23H30N2O8/c1-4-5-11-30-23(29)22-25-18(12-20(28)24(25)13-17-9-7-6-8-10-17)21(32-16(3)27)19(33-22)14-31-15(2)26/h6-10,18-19,21-22H,4-5,11-14H2,1-3H3/t18-,19+,21-,22+/m0/s1. The third-order valence-corrected chi connectivity index (χ3v) is 5.45. The first-order valence-electron chi connectivity index (χ1n) is 11.1. The molecule has 0 unspecified atom stereocenters. The van der Waals surface area contributed by atoms with Gasteiger partial charge in [-0.2, -0.15) is 5.01 Å². The van der Waals surface area contributed by atoms with Crippen LogP contribution in [0.1, 0.15) is 45.6 Å². The topological polar surface area (TPSA) is 112 Å². The fourth-order valence-electron chi connectivity index (χ4n) is 3.96. The van der Waals surface area contributed by atoms with E-state index in [-0.39, 0.29) is 32.1 Å². The van der Waals surface area contributed by atoms with Crippen LogP contribution in [-0.4, -0.2) is 71.5 Å². The zero-order valence-electron chi connectivity index (χ0n) is 19.1. The Balaban J connectivity index is 1.92. The van der Waals surface area contributed by atoms with Crippen LogP contribution in [0.2, 0.25) is 0 Å². The summed E-state index contributed by atoms with van der Waals surface area (Å²) in [4.78, 5) is 49.2. The predicted octanol–water partition coefficient (Wildman–Crippen LogP) is 1.57. The maximum atomic E-state index is 13.0. The molecule has 0 saturated carbocycles. The largest absolute Gasteiger partial charge is 0.463 e. The monoisotopic (exact) mass is 462 g/mol. The Labute approximate surface area is 192 Å². The first-order valence-corrected chi connectivity index (χ1v) is 11.1. The lowest BCUT2D eigenvalue weighted by atomic mass is 10.0. The minimum absolute atomic E-state index is 0.00342. The van der Waals surface area contributed by atoms with Crippen LogP contribution in [0.3, 0.4) is 0 Å². The van der Waals surface area contributed by atoms with Crippen LogP contribution >= 0.6 is 0 Å². The fraction of sp³-hybridized carbons (Fsp3) is 0.565. The first-order chi connectivity index (χ1) is 15.8. The molecule has 2 aliphatic heterocycles. The van der Waals surface area contributed by atoms with Gasteiger partial charge in [0.15, 0.2) is 0 Å². The molecule has 0 N–H and O–H groups in total. The molecule has 2 heterocycles. The van der Waals surface area contributed by atoms with Crippen molar-refractivity contribution in [2.45, 2.75) is 71.1 Å². The number of carbonyl (C=O) groups is 4. The Bertz CT molecular complexity index is 861. The highest BCUT2D eigenvalue weighted by molar-refractivity contribution is 5.81. The zero-order valence-corrected chi connectivity index (χ0v) is 19.1. The maximum Gasteiger partial charge on any atom is 0.352 e. The molecule has 2 saturated heterocycles. The van der Waals surface area contributed by atoms with E-state index in [1.54, 1.807) is 0 Å². The van der Waals surface area contributed by atoms with E-state index in [2.05, 4.69) is 0 Å². The summed E-state index contributed by atoms with van der Waals surface area (Å²) in [5.74, 6) is -2.02. The Morgan fingerprint density at radius 1 is 1.09 bits per heavy atom. The first kappa shape index (κ1) is 24.7. The van der Waals surface area contributed by atoms with Crippen molar-refractivity contribution in [2.75, 3.05) is 13.2 Å². The molecule has 10 heteroatoms. The zero-order chi connectivity index (χ0) is 24.0. The van der Waals surface area contributed by atoms with Gasteiger partial charge >= 0.3 is 17.9 Å². The van der Waals surface area contributed by atoms with E-state index >= 15 is 0 Å². The molecule has 0 spiro atoms. The van der Waals surface area contributed by atoms with E-state index in [0.717, 1.165) is 12.0 Å². The molecule has 2 aliphatic rings. The van der Waals surface area contributed by atoms with Crippen LogP contribution in [0.25, 0.3) is 0 Å². The van der Waals surface area contributed by atoms with Gasteiger partial charge in [-0.1, -0.05) is 43.7 Å². The van der Waals surface area contributed by atoms with Crippen LogP contribution in [-0.2, 0) is 44.7 Å². The normalized spacial score (nSPS) is 24.8. The number of nitrogens with zero attached hydrogens (tertiary/aromatic N) is 2. The number of amides is 1. The van der Waals surface area contributed by atoms with E-state index in [1.807, 2.05) is 37.3 Å². The van der Waals surface area contributed by atoms with Gasteiger partial charge in [-0.15, -0.1) is 0 Å². The highest BCUT2D eigenvalue weighted by atomic mass is 16.6. The number of benzene rings is 1. The van der Waals surface area contributed by atoms with Crippen molar-refractivity contribution in [1.82, 2.24) is 10.0 Å². The van der Waals surface area contributed by atoms with Crippen LogP contribution < -0.4 is 0 Å². The quantitative estimate of drug-likeness (QED) is 0.307.